The van der Waals surface area contributed by atoms with Crippen LogP contribution in [0.15, 0.2) is 72.0 Å². The number of ether oxygens (including phenoxy) is 1. The fourth-order valence-electron chi connectivity index (χ4n) is 3.82. The van der Waals surface area contributed by atoms with Gasteiger partial charge < -0.3 is 15.4 Å². The molecule has 0 radical (unpaired) electrons. The summed E-state index contributed by atoms with van der Waals surface area (Å²) in [6.45, 7) is 6.74. The maximum atomic E-state index is 5.47. The minimum absolute atomic E-state index is 0. The number of benzene rings is 2. The molecule has 3 aromatic rings. The lowest BCUT2D eigenvalue weighted by Crippen LogP contribution is -2.37. The molecule has 0 unspecified atom stereocenters. The molecule has 1 fully saturated rings. The molecule has 2 heterocycles. The van der Waals surface area contributed by atoms with Crippen LogP contribution >= 0.6 is 24.0 Å². The van der Waals surface area contributed by atoms with Crippen LogP contribution < -0.4 is 10.6 Å². The molecule has 2 N–H and O–H groups in total. The molecule has 176 valence electrons. The zero-order valence-corrected chi connectivity index (χ0v) is 21.4. The third-order valence-electron chi connectivity index (χ3n) is 5.62. The number of guanidine groups is 1. The molecule has 0 amide bonds. The van der Waals surface area contributed by atoms with Crippen LogP contribution in [-0.4, -0.2) is 54.0 Å². The van der Waals surface area contributed by atoms with Gasteiger partial charge in [0.2, 0.25) is 0 Å². The molecule has 0 atom stereocenters. The van der Waals surface area contributed by atoms with Crippen molar-refractivity contribution in [2.45, 2.75) is 26.2 Å². The van der Waals surface area contributed by atoms with Gasteiger partial charge in [-0.15, -0.1) is 24.0 Å². The normalized spacial score (nSPS) is 14.5. The Morgan fingerprint density at radius 1 is 0.909 bits per heavy atom. The van der Waals surface area contributed by atoms with E-state index >= 15 is 0 Å². The molecular formula is C25H33IN6O. The highest BCUT2D eigenvalue weighted by Crippen LogP contribution is 2.13. The molecule has 1 aromatic heterocycles. The average molecular weight is 560 g/mol. The predicted molar refractivity (Wildman–Crippen MR) is 143 cm³/mol. The third kappa shape index (κ3) is 7.83. The van der Waals surface area contributed by atoms with Crippen LogP contribution in [-0.2, 0) is 30.9 Å². The van der Waals surface area contributed by atoms with E-state index < -0.39 is 0 Å². The van der Waals surface area contributed by atoms with Crippen LogP contribution in [0.3, 0.4) is 0 Å². The van der Waals surface area contributed by atoms with E-state index in [-0.39, 0.29) is 24.0 Å². The average Bonchev–Trinajstić information content (AvgIpc) is 3.28. The number of morpholine rings is 1. The molecule has 0 bridgehead atoms. The first-order chi connectivity index (χ1) is 15.8. The van der Waals surface area contributed by atoms with E-state index in [1.807, 2.05) is 16.9 Å². The molecule has 2 aromatic carbocycles. The molecule has 0 saturated carbocycles. The van der Waals surface area contributed by atoms with Gasteiger partial charge in [-0.1, -0.05) is 54.6 Å². The second-order valence-electron chi connectivity index (χ2n) is 7.97. The van der Waals surface area contributed by atoms with Crippen LogP contribution in [0, 0.1) is 0 Å². The zero-order valence-electron chi connectivity index (χ0n) is 19.1. The molecule has 1 saturated heterocycles. The standard InChI is InChI=1S/C25H32N6O.HI/c1-26-25(27-15-22-16-29-31(19-22)18-21-7-3-2-4-8-21)28-17-23-9-5-6-10-24(23)20-30-11-13-32-14-12-30;/h2-10,16,19H,11-15,17-18,20H2,1H3,(H2,26,27,28);1H. The molecule has 0 spiro atoms. The van der Waals surface area contributed by atoms with Gasteiger partial charge in [-0.05, 0) is 16.7 Å². The monoisotopic (exact) mass is 560 g/mol. The Morgan fingerprint density at radius 3 is 2.36 bits per heavy atom. The first-order valence-corrected chi connectivity index (χ1v) is 11.2. The molecule has 7 nitrogen and oxygen atoms in total. The molecule has 1 aliphatic heterocycles. The van der Waals surface area contributed by atoms with E-state index in [1.54, 1.807) is 7.05 Å². The zero-order chi connectivity index (χ0) is 22.0. The topological polar surface area (TPSA) is 66.7 Å². The van der Waals surface area contributed by atoms with Crippen molar-refractivity contribution < 1.29 is 4.74 Å². The van der Waals surface area contributed by atoms with E-state index in [9.17, 15) is 0 Å². The van der Waals surface area contributed by atoms with Gasteiger partial charge in [-0.2, -0.15) is 5.10 Å². The summed E-state index contributed by atoms with van der Waals surface area (Å²) in [5.74, 6) is 0.780. The molecule has 33 heavy (non-hydrogen) atoms. The largest absolute Gasteiger partial charge is 0.379 e. The van der Waals surface area contributed by atoms with E-state index in [4.69, 9.17) is 4.74 Å². The number of halogens is 1. The van der Waals surface area contributed by atoms with Crippen LogP contribution in [0.4, 0.5) is 0 Å². The summed E-state index contributed by atoms with van der Waals surface area (Å²) in [6.07, 6.45) is 3.98. The lowest BCUT2D eigenvalue weighted by Gasteiger charge is -2.27. The minimum Gasteiger partial charge on any atom is -0.379 e. The van der Waals surface area contributed by atoms with Gasteiger partial charge in [0.05, 0.1) is 26.0 Å². The lowest BCUT2D eigenvalue weighted by molar-refractivity contribution is 0.0341. The number of nitrogens with one attached hydrogen (secondary N) is 2. The van der Waals surface area contributed by atoms with E-state index in [0.717, 1.165) is 57.5 Å². The van der Waals surface area contributed by atoms with Crippen molar-refractivity contribution in [3.05, 3.63) is 89.2 Å². The smallest absolute Gasteiger partial charge is 0.191 e. The van der Waals surface area contributed by atoms with Crippen LogP contribution in [0.2, 0.25) is 0 Å². The van der Waals surface area contributed by atoms with E-state index in [2.05, 4.69) is 80.4 Å². The quantitative estimate of drug-likeness (QED) is 0.252. The van der Waals surface area contributed by atoms with Crippen molar-refractivity contribution in [3.8, 4) is 0 Å². The molecular weight excluding hydrogens is 527 g/mol. The molecule has 1 aliphatic rings. The highest BCUT2D eigenvalue weighted by atomic mass is 127. The number of nitrogens with zero attached hydrogens (tertiary/aromatic N) is 4. The fraction of sp³-hybridized carbons (Fsp3) is 0.360. The summed E-state index contributed by atoms with van der Waals surface area (Å²) in [6, 6.07) is 19.0. The van der Waals surface area contributed by atoms with Crippen molar-refractivity contribution in [2.75, 3.05) is 33.4 Å². The Morgan fingerprint density at radius 2 is 1.61 bits per heavy atom. The third-order valence-corrected chi connectivity index (χ3v) is 5.62. The SMILES string of the molecule is CN=C(NCc1cnn(Cc2ccccc2)c1)NCc1ccccc1CN1CCOCC1.I. The van der Waals surface area contributed by atoms with Gasteiger partial charge in [0.25, 0.3) is 0 Å². The van der Waals surface area contributed by atoms with Gasteiger partial charge in [-0.25, -0.2) is 0 Å². The second kappa shape index (κ2) is 13.3. The first kappa shape index (κ1) is 25.2. The van der Waals surface area contributed by atoms with Crippen LogP contribution in [0.1, 0.15) is 22.3 Å². The Balaban J connectivity index is 0.00000306. The Kier molecular flexibility index (Phi) is 10.2. The predicted octanol–water partition coefficient (Wildman–Crippen LogP) is 3.25. The Hall–Kier alpha value is -2.43. The van der Waals surface area contributed by atoms with Crippen LogP contribution in [0.5, 0.6) is 0 Å². The van der Waals surface area contributed by atoms with Crippen molar-refractivity contribution in [3.63, 3.8) is 0 Å². The highest BCUT2D eigenvalue weighted by molar-refractivity contribution is 14.0. The lowest BCUT2D eigenvalue weighted by atomic mass is 10.1. The van der Waals surface area contributed by atoms with Gasteiger partial charge in [0.1, 0.15) is 0 Å². The summed E-state index contributed by atoms with van der Waals surface area (Å²) in [7, 11) is 1.80. The summed E-state index contributed by atoms with van der Waals surface area (Å²) in [5, 5.41) is 11.3. The van der Waals surface area contributed by atoms with Gasteiger partial charge in [0, 0.05) is 51.5 Å². The summed E-state index contributed by atoms with van der Waals surface area (Å²) < 4.78 is 7.43. The van der Waals surface area contributed by atoms with Gasteiger partial charge in [0.15, 0.2) is 5.96 Å². The second-order valence-corrected chi connectivity index (χ2v) is 7.97. The van der Waals surface area contributed by atoms with Crippen molar-refractivity contribution >= 4 is 29.9 Å². The number of aromatic nitrogens is 2. The number of aliphatic imine (C=N–C) groups is 1. The number of rotatable bonds is 8. The number of hydrogen-bond donors (Lipinski definition) is 2. The van der Waals surface area contributed by atoms with E-state index in [1.165, 1.54) is 16.7 Å². The molecule has 4 rings (SSSR count). The van der Waals surface area contributed by atoms with Gasteiger partial charge in [-0.3, -0.25) is 14.6 Å². The Labute approximate surface area is 213 Å². The van der Waals surface area contributed by atoms with Crippen molar-refractivity contribution in [1.82, 2.24) is 25.3 Å². The minimum atomic E-state index is 0. The van der Waals surface area contributed by atoms with Crippen LogP contribution in [0.25, 0.3) is 0 Å². The summed E-state index contributed by atoms with van der Waals surface area (Å²) in [5.41, 5.74) is 5.00. The molecule has 0 aliphatic carbocycles. The van der Waals surface area contributed by atoms with Crippen molar-refractivity contribution in [2.24, 2.45) is 4.99 Å². The van der Waals surface area contributed by atoms with E-state index in [0.29, 0.717) is 6.54 Å². The maximum absolute atomic E-state index is 5.47. The fourth-order valence-corrected chi connectivity index (χ4v) is 3.82. The first-order valence-electron chi connectivity index (χ1n) is 11.2. The Bertz CT molecular complexity index is 1000. The summed E-state index contributed by atoms with van der Waals surface area (Å²) in [4.78, 5) is 6.83. The highest BCUT2D eigenvalue weighted by Gasteiger charge is 2.13. The number of hydrogen-bond acceptors (Lipinski definition) is 4. The molecule has 8 heteroatoms. The van der Waals surface area contributed by atoms with Crippen molar-refractivity contribution in [1.29, 1.82) is 0 Å². The summed E-state index contributed by atoms with van der Waals surface area (Å²) >= 11 is 0. The maximum Gasteiger partial charge on any atom is 0.191 e. The van der Waals surface area contributed by atoms with Gasteiger partial charge >= 0.3 is 0 Å².